The first-order valence-corrected chi connectivity index (χ1v) is 4.48. The van der Waals surface area contributed by atoms with Crippen LogP contribution in [-0.4, -0.2) is 18.3 Å². The molecule has 0 fully saturated rings. The van der Waals surface area contributed by atoms with Crippen molar-refractivity contribution in [3.63, 3.8) is 0 Å². The van der Waals surface area contributed by atoms with Crippen molar-refractivity contribution in [2.75, 3.05) is 12.4 Å². The van der Waals surface area contributed by atoms with Crippen molar-refractivity contribution in [1.29, 1.82) is 0 Å². The summed E-state index contributed by atoms with van der Waals surface area (Å²) in [5.74, 6) is 0.556. The second-order valence-corrected chi connectivity index (χ2v) is 3.88. The third-order valence-electron chi connectivity index (χ3n) is 1.14. The maximum absolute atomic E-state index is 10.4. The molecule has 0 aromatic carbocycles. The van der Waals surface area contributed by atoms with Gasteiger partial charge in [0.15, 0.2) is 0 Å². The van der Waals surface area contributed by atoms with Crippen molar-refractivity contribution in [3.05, 3.63) is 0 Å². The molecule has 0 aromatic rings. The minimum Gasteiger partial charge on any atom is -0.465 e. The molecule has 0 aliphatic rings. The van der Waals surface area contributed by atoms with Crippen LogP contribution in [0.4, 0.5) is 0 Å². The molecule has 0 saturated heterocycles. The Hall–Kier alpha value is -0.220. The molecule has 2 N–H and O–H groups in total. The second kappa shape index (κ2) is 4.62. The van der Waals surface area contributed by atoms with Gasteiger partial charge < -0.3 is 4.74 Å². The predicted molar refractivity (Wildman–Crippen MR) is 47.1 cm³/mol. The fraction of sp³-hybridized carbons (Fsp3) is 0.857. The highest BCUT2D eigenvalue weighted by atomic mass is 32.2. The fourth-order valence-corrected chi connectivity index (χ4v) is 1.10. The van der Waals surface area contributed by atoms with Crippen LogP contribution >= 0.6 is 11.9 Å². The smallest absolute Gasteiger partial charge is 0.302 e. The molecule has 0 aliphatic heterocycles. The SMILES string of the molecule is CC(=O)OCC(C)(C)CSN. The average Bonchev–Trinajstić information content (AvgIpc) is 1.84. The van der Waals surface area contributed by atoms with Gasteiger partial charge in [0.05, 0.1) is 6.61 Å². The van der Waals surface area contributed by atoms with Gasteiger partial charge in [-0.05, 0) is 0 Å². The van der Waals surface area contributed by atoms with E-state index in [1.54, 1.807) is 0 Å². The fourth-order valence-electron chi connectivity index (χ4n) is 0.564. The second-order valence-electron chi connectivity index (χ2n) is 3.26. The molecule has 0 heterocycles. The lowest BCUT2D eigenvalue weighted by molar-refractivity contribution is -0.143. The molecule has 0 rings (SSSR count). The van der Waals surface area contributed by atoms with Crippen LogP contribution in [0.1, 0.15) is 20.8 Å². The van der Waals surface area contributed by atoms with Gasteiger partial charge in [0.2, 0.25) is 0 Å². The van der Waals surface area contributed by atoms with Crippen LogP contribution in [0.2, 0.25) is 0 Å². The largest absolute Gasteiger partial charge is 0.465 e. The predicted octanol–water partition coefficient (Wildman–Crippen LogP) is 1.18. The number of hydrogen-bond acceptors (Lipinski definition) is 4. The van der Waals surface area contributed by atoms with Gasteiger partial charge in [0.1, 0.15) is 0 Å². The summed E-state index contributed by atoms with van der Waals surface area (Å²) in [6, 6.07) is 0. The lowest BCUT2D eigenvalue weighted by atomic mass is 9.98. The summed E-state index contributed by atoms with van der Waals surface area (Å²) in [5, 5.41) is 5.30. The van der Waals surface area contributed by atoms with E-state index in [1.165, 1.54) is 18.9 Å². The number of carbonyl (C=O) groups is 1. The number of rotatable bonds is 4. The van der Waals surface area contributed by atoms with Crippen LogP contribution in [0.25, 0.3) is 0 Å². The van der Waals surface area contributed by atoms with Crippen molar-refractivity contribution in [2.24, 2.45) is 10.6 Å². The number of esters is 1. The molecule has 0 aliphatic carbocycles. The molecule has 0 saturated carbocycles. The molecular weight excluding hydrogens is 162 g/mol. The van der Waals surface area contributed by atoms with Crippen molar-refractivity contribution in [2.45, 2.75) is 20.8 Å². The quantitative estimate of drug-likeness (QED) is 0.517. The molecule has 66 valence electrons. The van der Waals surface area contributed by atoms with E-state index in [9.17, 15) is 4.79 Å². The van der Waals surface area contributed by atoms with E-state index in [0.29, 0.717) is 6.61 Å². The van der Waals surface area contributed by atoms with Gasteiger partial charge in [-0.15, -0.1) is 0 Å². The van der Waals surface area contributed by atoms with E-state index in [2.05, 4.69) is 0 Å². The van der Waals surface area contributed by atoms with Crippen molar-refractivity contribution in [3.8, 4) is 0 Å². The summed E-state index contributed by atoms with van der Waals surface area (Å²) >= 11 is 1.27. The standard InChI is InChI=1S/C7H15NO2S/c1-6(9)10-4-7(2,3)5-11-8/h4-5,8H2,1-3H3. The summed E-state index contributed by atoms with van der Waals surface area (Å²) in [6.07, 6.45) is 0. The van der Waals surface area contributed by atoms with Crippen LogP contribution in [0, 0.1) is 5.41 Å². The zero-order valence-corrected chi connectivity index (χ0v) is 8.03. The van der Waals surface area contributed by atoms with Crippen LogP contribution in [0.15, 0.2) is 0 Å². The summed E-state index contributed by atoms with van der Waals surface area (Å²) in [6.45, 7) is 5.86. The van der Waals surface area contributed by atoms with E-state index in [0.717, 1.165) is 5.75 Å². The Labute approximate surface area is 71.8 Å². The number of ether oxygens (including phenoxy) is 1. The van der Waals surface area contributed by atoms with E-state index >= 15 is 0 Å². The van der Waals surface area contributed by atoms with Gasteiger partial charge in [0.25, 0.3) is 0 Å². The van der Waals surface area contributed by atoms with Crippen molar-refractivity contribution < 1.29 is 9.53 Å². The Balaban J connectivity index is 3.63. The van der Waals surface area contributed by atoms with Crippen LogP contribution in [-0.2, 0) is 9.53 Å². The van der Waals surface area contributed by atoms with E-state index in [1.807, 2.05) is 13.8 Å². The molecule has 11 heavy (non-hydrogen) atoms. The summed E-state index contributed by atoms with van der Waals surface area (Å²) < 4.78 is 4.85. The first kappa shape index (κ1) is 10.8. The minimum absolute atomic E-state index is 0.0227. The third kappa shape index (κ3) is 6.19. The monoisotopic (exact) mass is 177 g/mol. The lowest BCUT2D eigenvalue weighted by Crippen LogP contribution is -2.24. The highest BCUT2D eigenvalue weighted by Gasteiger charge is 2.18. The zero-order chi connectivity index (χ0) is 8.91. The molecule has 0 atom stereocenters. The van der Waals surface area contributed by atoms with Crippen LogP contribution in [0.3, 0.4) is 0 Å². The van der Waals surface area contributed by atoms with Gasteiger partial charge in [-0.3, -0.25) is 9.93 Å². The number of nitrogens with two attached hydrogens (primary N) is 1. The first-order chi connectivity index (χ1) is 4.98. The Morgan fingerprint density at radius 1 is 1.64 bits per heavy atom. The number of hydrogen-bond donors (Lipinski definition) is 1. The molecule has 4 heteroatoms. The molecule has 0 radical (unpaired) electrons. The van der Waals surface area contributed by atoms with Gasteiger partial charge >= 0.3 is 5.97 Å². The molecule has 0 aromatic heterocycles. The molecule has 0 amide bonds. The lowest BCUT2D eigenvalue weighted by Gasteiger charge is -2.21. The van der Waals surface area contributed by atoms with Gasteiger partial charge in [-0.1, -0.05) is 25.8 Å². The Bertz CT molecular complexity index is 136. The van der Waals surface area contributed by atoms with Crippen LogP contribution < -0.4 is 5.14 Å². The molecule has 0 unspecified atom stereocenters. The van der Waals surface area contributed by atoms with E-state index in [-0.39, 0.29) is 11.4 Å². The Kier molecular flexibility index (Phi) is 4.52. The normalized spacial score (nSPS) is 11.3. The molecule has 3 nitrogen and oxygen atoms in total. The van der Waals surface area contributed by atoms with Gasteiger partial charge in [0, 0.05) is 18.1 Å². The highest BCUT2D eigenvalue weighted by Crippen LogP contribution is 2.19. The number of carbonyl (C=O) groups excluding carboxylic acids is 1. The molecule has 0 spiro atoms. The zero-order valence-electron chi connectivity index (χ0n) is 7.22. The average molecular weight is 177 g/mol. The van der Waals surface area contributed by atoms with E-state index < -0.39 is 0 Å². The van der Waals surface area contributed by atoms with Crippen LogP contribution in [0.5, 0.6) is 0 Å². The van der Waals surface area contributed by atoms with Gasteiger partial charge in [-0.2, -0.15) is 0 Å². The first-order valence-electron chi connectivity index (χ1n) is 3.43. The molecular formula is C7H15NO2S. The third-order valence-corrected chi connectivity index (χ3v) is 2.09. The highest BCUT2D eigenvalue weighted by molar-refractivity contribution is 7.97. The minimum atomic E-state index is -0.236. The summed E-state index contributed by atoms with van der Waals surface area (Å²) in [7, 11) is 0. The summed E-state index contributed by atoms with van der Waals surface area (Å²) in [4.78, 5) is 10.4. The summed E-state index contributed by atoms with van der Waals surface area (Å²) in [5.41, 5.74) is -0.0227. The molecule has 0 bridgehead atoms. The Morgan fingerprint density at radius 3 is 2.55 bits per heavy atom. The van der Waals surface area contributed by atoms with E-state index in [4.69, 9.17) is 9.88 Å². The van der Waals surface area contributed by atoms with Gasteiger partial charge in [-0.25, -0.2) is 0 Å². The topological polar surface area (TPSA) is 52.3 Å². The van der Waals surface area contributed by atoms with Crippen molar-refractivity contribution >= 4 is 17.9 Å². The van der Waals surface area contributed by atoms with Crippen molar-refractivity contribution in [1.82, 2.24) is 0 Å². The maximum atomic E-state index is 10.4. The Morgan fingerprint density at radius 2 is 2.18 bits per heavy atom. The maximum Gasteiger partial charge on any atom is 0.302 e.